The average Bonchev–Trinajstić information content (AvgIpc) is 3.27. The normalized spacial score (nSPS) is 23.2. The first-order valence-electron chi connectivity index (χ1n) is 9.49. The van der Waals surface area contributed by atoms with Gasteiger partial charge in [-0.15, -0.1) is 12.4 Å². The fraction of sp³-hybridized carbons (Fsp3) is 0.455. The summed E-state index contributed by atoms with van der Waals surface area (Å²) in [4.78, 5) is 4.88. The summed E-state index contributed by atoms with van der Waals surface area (Å²) in [6, 6.07) is 17.0. The van der Waals surface area contributed by atoms with E-state index >= 15 is 0 Å². The molecule has 4 rings (SSSR count). The summed E-state index contributed by atoms with van der Waals surface area (Å²) in [6.07, 6.45) is 3.43. The van der Waals surface area contributed by atoms with E-state index in [-0.39, 0.29) is 12.4 Å². The van der Waals surface area contributed by atoms with Crippen LogP contribution in [0.2, 0.25) is 0 Å². The second-order valence-corrected chi connectivity index (χ2v) is 7.67. The minimum absolute atomic E-state index is 0. The first-order chi connectivity index (χ1) is 12.1. The largest absolute Gasteiger partial charge is 0.384 e. The number of nitrogens with zero attached hydrogens (tertiary/aromatic N) is 2. The van der Waals surface area contributed by atoms with Gasteiger partial charge < -0.3 is 10.0 Å². The number of rotatable bonds is 4. The van der Waals surface area contributed by atoms with E-state index < -0.39 is 5.60 Å². The summed E-state index contributed by atoms with van der Waals surface area (Å²) >= 11 is 0. The third kappa shape index (κ3) is 3.90. The molecule has 1 unspecified atom stereocenters. The third-order valence-corrected chi connectivity index (χ3v) is 5.75. The van der Waals surface area contributed by atoms with E-state index in [0.29, 0.717) is 6.54 Å². The number of anilines is 1. The molecule has 26 heavy (non-hydrogen) atoms. The van der Waals surface area contributed by atoms with Gasteiger partial charge in [-0.3, -0.25) is 4.90 Å². The Morgan fingerprint density at radius 1 is 1.00 bits per heavy atom. The molecule has 0 bridgehead atoms. The monoisotopic (exact) mass is 372 g/mol. The number of aliphatic hydroxyl groups is 1. The van der Waals surface area contributed by atoms with Crippen molar-refractivity contribution in [1.29, 1.82) is 0 Å². The van der Waals surface area contributed by atoms with Gasteiger partial charge in [-0.1, -0.05) is 42.5 Å². The van der Waals surface area contributed by atoms with E-state index in [1.165, 1.54) is 42.7 Å². The molecule has 1 atom stereocenters. The van der Waals surface area contributed by atoms with Crippen LogP contribution in [0.25, 0.3) is 0 Å². The van der Waals surface area contributed by atoms with Crippen LogP contribution in [0.3, 0.4) is 0 Å². The number of aryl methyl sites for hydroxylation is 1. The molecule has 2 heterocycles. The van der Waals surface area contributed by atoms with Crippen LogP contribution in [0, 0.1) is 6.92 Å². The summed E-state index contributed by atoms with van der Waals surface area (Å²) in [5, 5.41) is 11.0. The Bertz CT molecular complexity index is 730. The van der Waals surface area contributed by atoms with E-state index in [2.05, 4.69) is 34.9 Å². The van der Waals surface area contributed by atoms with Crippen molar-refractivity contribution < 1.29 is 5.11 Å². The molecule has 3 nitrogen and oxygen atoms in total. The van der Waals surface area contributed by atoms with Crippen molar-refractivity contribution in [1.82, 2.24) is 4.90 Å². The summed E-state index contributed by atoms with van der Waals surface area (Å²) in [5.41, 5.74) is 4.45. The van der Waals surface area contributed by atoms with Crippen LogP contribution in [0.5, 0.6) is 0 Å². The zero-order valence-electron chi connectivity index (χ0n) is 15.5. The van der Waals surface area contributed by atoms with Crippen LogP contribution in [-0.2, 0) is 12.1 Å². The molecular formula is C22H29ClN2O. The summed E-state index contributed by atoms with van der Waals surface area (Å²) in [7, 11) is 0. The molecule has 2 saturated heterocycles. The topological polar surface area (TPSA) is 26.7 Å². The number of hydrogen-bond donors (Lipinski definition) is 1. The lowest BCUT2D eigenvalue weighted by Gasteiger charge is -2.25. The van der Waals surface area contributed by atoms with Crippen LogP contribution >= 0.6 is 12.4 Å². The first kappa shape index (κ1) is 19.2. The average molecular weight is 373 g/mol. The SMILES string of the molecule is Cc1cc(CN2CCC(O)(c3ccccc3)C2)ccc1N1CCCC1.Cl. The second kappa shape index (κ2) is 7.99. The van der Waals surface area contributed by atoms with Crippen molar-refractivity contribution in [3.63, 3.8) is 0 Å². The van der Waals surface area contributed by atoms with Gasteiger partial charge in [-0.2, -0.15) is 0 Å². The Balaban J connectivity index is 0.00000196. The van der Waals surface area contributed by atoms with Crippen LogP contribution < -0.4 is 4.90 Å². The van der Waals surface area contributed by atoms with Gasteiger partial charge in [-0.05, 0) is 48.9 Å². The molecule has 0 amide bonds. The lowest BCUT2D eigenvalue weighted by molar-refractivity contribution is 0.0453. The van der Waals surface area contributed by atoms with Gasteiger partial charge in [-0.25, -0.2) is 0 Å². The van der Waals surface area contributed by atoms with Crippen molar-refractivity contribution in [3.05, 3.63) is 65.2 Å². The number of β-amino-alcohol motifs (C(OH)–C–C–N with tert-alkyl or cyclic N) is 1. The van der Waals surface area contributed by atoms with Crippen LogP contribution in [0.15, 0.2) is 48.5 Å². The Hall–Kier alpha value is -1.55. The summed E-state index contributed by atoms with van der Waals surface area (Å²) in [6.45, 7) is 7.17. The molecular weight excluding hydrogens is 344 g/mol. The van der Waals surface area contributed by atoms with Crippen molar-refractivity contribution in [2.24, 2.45) is 0 Å². The third-order valence-electron chi connectivity index (χ3n) is 5.75. The highest BCUT2D eigenvalue weighted by Gasteiger charge is 2.37. The van der Waals surface area contributed by atoms with Crippen molar-refractivity contribution in [3.8, 4) is 0 Å². The summed E-state index contributed by atoms with van der Waals surface area (Å²) in [5.74, 6) is 0. The lowest BCUT2D eigenvalue weighted by atomic mass is 9.93. The maximum absolute atomic E-state index is 11.0. The van der Waals surface area contributed by atoms with Gasteiger partial charge in [0.15, 0.2) is 0 Å². The van der Waals surface area contributed by atoms with Crippen molar-refractivity contribution >= 4 is 18.1 Å². The minimum Gasteiger partial charge on any atom is -0.384 e. The van der Waals surface area contributed by atoms with Gasteiger partial charge in [0.2, 0.25) is 0 Å². The molecule has 0 saturated carbocycles. The molecule has 4 heteroatoms. The number of hydrogen-bond acceptors (Lipinski definition) is 3. The summed E-state index contributed by atoms with van der Waals surface area (Å²) < 4.78 is 0. The molecule has 2 aromatic rings. The number of benzene rings is 2. The molecule has 0 aliphatic carbocycles. The standard InChI is InChI=1S/C22H28N2O.ClH/c1-18-15-19(9-10-21(18)24-12-5-6-13-24)16-23-14-11-22(25,17-23)20-7-3-2-4-8-20;/h2-4,7-10,15,25H,5-6,11-14,16-17H2,1H3;1H. The highest BCUT2D eigenvalue weighted by atomic mass is 35.5. The van der Waals surface area contributed by atoms with Crippen LogP contribution in [0.4, 0.5) is 5.69 Å². The van der Waals surface area contributed by atoms with Gasteiger partial charge >= 0.3 is 0 Å². The Morgan fingerprint density at radius 3 is 2.42 bits per heavy atom. The van der Waals surface area contributed by atoms with Gasteiger partial charge in [0.25, 0.3) is 0 Å². The predicted molar refractivity (Wildman–Crippen MR) is 110 cm³/mol. The zero-order valence-corrected chi connectivity index (χ0v) is 16.3. The lowest BCUT2D eigenvalue weighted by Crippen LogP contribution is -2.30. The molecule has 0 radical (unpaired) electrons. The first-order valence-corrected chi connectivity index (χ1v) is 9.49. The fourth-order valence-corrected chi connectivity index (χ4v) is 4.38. The molecule has 2 aromatic carbocycles. The van der Waals surface area contributed by atoms with Crippen LogP contribution in [0.1, 0.15) is 36.0 Å². The zero-order chi connectivity index (χ0) is 17.3. The van der Waals surface area contributed by atoms with Crippen molar-refractivity contribution in [2.45, 2.75) is 38.3 Å². The Labute approximate surface area is 163 Å². The number of likely N-dealkylation sites (tertiary alicyclic amines) is 1. The van der Waals surface area contributed by atoms with E-state index in [1.54, 1.807) is 0 Å². The van der Waals surface area contributed by atoms with Crippen molar-refractivity contribution in [2.75, 3.05) is 31.1 Å². The molecule has 0 spiro atoms. The maximum atomic E-state index is 11.0. The van der Waals surface area contributed by atoms with Gasteiger partial charge in [0, 0.05) is 38.4 Å². The Kier molecular flexibility index (Phi) is 5.91. The quantitative estimate of drug-likeness (QED) is 0.874. The number of halogens is 1. The Morgan fingerprint density at radius 2 is 1.73 bits per heavy atom. The molecule has 0 aromatic heterocycles. The molecule has 1 N–H and O–H groups in total. The second-order valence-electron chi connectivity index (χ2n) is 7.67. The molecule has 140 valence electrons. The highest BCUT2D eigenvalue weighted by Crippen LogP contribution is 2.33. The van der Waals surface area contributed by atoms with Gasteiger partial charge in [0.1, 0.15) is 5.60 Å². The highest BCUT2D eigenvalue weighted by molar-refractivity contribution is 5.85. The van der Waals surface area contributed by atoms with E-state index in [1.807, 2.05) is 30.3 Å². The predicted octanol–water partition coefficient (Wildman–Crippen LogP) is 4.11. The van der Waals surface area contributed by atoms with E-state index in [0.717, 1.165) is 25.1 Å². The molecule has 2 fully saturated rings. The van der Waals surface area contributed by atoms with E-state index in [9.17, 15) is 5.11 Å². The van der Waals surface area contributed by atoms with Crippen LogP contribution in [-0.4, -0.2) is 36.2 Å². The maximum Gasteiger partial charge on any atom is 0.103 e. The minimum atomic E-state index is -0.703. The molecule has 2 aliphatic rings. The fourth-order valence-electron chi connectivity index (χ4n) is 4.38. The smallest absolute Gasteiger partial charge is 0.103 e. The van der Waals surface area contributed by atoms with Gasteiger partial charge in [0.05, 0.1) is 0 Å². The molecule has 2 aliphatic heterocycles. The van der Waals surface area contributed by atoms with E-state index in [4.69, 9.17) is 0 Å².